The minimum Gasteiger partial charge on any atom is -0.497 e. The van der Waals surface area contributed by atoms with Crippen molar-refractivity contribution >= 4 is 27.5 Å². The number of carbonyl (C=O) groups is 1. The van der Waals surface area contributed by atoms with Gasteiger partial charge in [0.2, 0.25) is 5.91 Å². The molecular weight excluding hydrogens is 332 g/mol. The predicted octanol–water partition coefficient (Wildman–Crippen LogP) is 3.57. The number of anilines is 1. The van der Waals surface area contributed by atoms with Crippen LogP contribution in [0, 0.1) is 5.41 Å². The quantitative estimate of drug-likeness (QED) is 0.849. The summed E-state index contributed by atoms with van der Waals surface area (Å²) < 4.78 is 6.14. The fourth-order valence-corrected chi connectivity index (χ4v) is 3.46. The zero-order chi connectivity index (χ0) is 15.3. The zero-order valence-corrected chi connectivity index (χ0v) is 14.3. The molecule has 116 valence electrons. The first-order valence-corrected chi connectivity index (χ1v) is 8.26. The molecule has 5 heteroatoms. The molecule has 1 aromatic carbocycles. The van der Waals surface area contributed by atoms with E-state index in [4.69, 9.17) is 4.74 Å². The Labute approximate surface area is 134 Å². The van der Waals surface area contributed by atoms with Gasteiger partial charge in [0, 0.05) is 16.2 Å². The number of hydrogen-bond acceptors (Lipinski definition) is 3. The van der Waals surface area contributed by atoms with E-state index in [1.165, 1.54) is 0 Å². The first kappa shape index (κ1) is 16.3. The summed E-state index contributed by atoms with van der Waals surface area (Å²) in [6, 6.07) is 5.63. The van der Waals surface area contributed by atoms with Crippen molar-refractivity contribution in [3.63, 3.8) is 0 Å². The van der Waals surface area contributed by atoms with Gasteiger partial charge in [-0.2, -0.15) is 0 Å². The lowest BCUT2D eigenvalue weighted by Crippen LogP contribution is -2.44. The molecule has 1 saturated heterocycles. The van der Waals surface area contributed by atoms with Gasteiger partial charge in [-0.05, 0) is 44.5 Å². The van der Waals surface area contributed by atoms with Crippen molar-refractivity contribution < 1.29 is 9.53 Å². The minimum atomic E-state index is -0.241. The second kappa shape index (κ2) is 7.27. The summed E-state index contributed by atoms with van der Waals surface area (Å²) in [6.45, 7) is 3.96. The topological polar surface area (TPSA) is 50.4 Å². The summed E-state index contributed by atoms with van der Waals surface area (Å²) in [5, 5.41) is 6.41. The van der Waals surface area contributed by atoms with Crippen LogP contribution in [0.1, 0.15) is 32.6 Å². The predicted molar refractivity (Wildman–Crippen MR) is 88.8 cm³/mol. The lowest BCUT2D eigenvalue weighted by atomic mass is 9.74. The first-order valence-electron chi connectivity index (χ1n) is 7.46. The van der Waals surface area contributed by atoms with Crippen LogP contribution in [-0.2, 0) is 4.79 Å². The lowest BCUT2D eigenvalue weighted by Gasteiger charge is -2.36. The van der Waals surface area contributed by atoms with Crippen LogP contribution in [-0.4, -0.2) is 26.1 Å². The average Bonchev–Trinajstić information content (AvgIpc) is 2.47. The van der Waals surface area contributed by atoms with Crippen LogP contribution in [0.3, 0.4) is 0 Å². The largest absolute Gasteiger partial charge is 0.497 e. The van der Waals surface area contributed by atoms with Gasteiger partial charge in [0.15, 0.2) is 0 Å². The van der Waals surface area contributed by atoms with Crippen LogP contribution in [0.2, 0.25) is 0 Å². The van der Waals surface area contributed by atoms with Crippen LogP contribution < -0.4 is 15.4 Å². The molecule has 0 aromatic heterocycles. The molecule has 0 saturated carbocycles. The number of benzene rings is 1. The number of rotatable bonds is 5. The maximum atomic E-state index is 12.8. The van der Waals surface area contributed by atoms with Gasteiger partial charge in [0.1, 0.15) is 5.75 Å². The zero-order valence-electron chi connectivity index (χ0n) is 12.7. The highest BCUT2D eigenvalue weighted by Gasteiger charge is 2.38. The van der Waals surface area contributed by atoms with Crippen molar-refractivity contribution in [3.8, 4) is 5.75 Å². The molecule has 0 aliphatic carbocycles. The number of hydrogen-bond donors (Lipinski definition) is 2. The van der Waals surface area contributed by atoms with Gasteiger partial charge in [0.25, 0.3) is 0 Å². The highest BCUT2D eigenvalue weighted by molar-refractivity contribution is 9.10. The Hall–Kier alpha value is -1.07. The molecule has 0 radical (unpaired) electrons. The van der Waals surface area contributed by atoms with Crippen molar-refractivity contribution in [3.05, 3.63) is 22.7 Å². The number of carbonyl (C=O) groups excluding carboxylic acids is 1. The van der Waals surface area contributed by atoms with Crippen LogP contribution in [0.4, 0.5) is 5.69 Å². The number of ether oxygens (including phenoxy) is 1. The average molecular weight is 355 g/mol. The van der Waals surface area contributed by atoms with Crippen molar-refractivity contribution in [1.82, 2.24) is 5.32 Å². The Morgan fingerprint density at radius 3 is 2.71 bits per heavy atom. The Morgan fingerprint density at radius 2 is 2.10 bits per heavy atom. The molecule has 1 aliphatic rings. The van der Waals surface area contributed by atoms with E-state index in [0.29, 0.717) is 0 Å². The standard InChI is InChI=1S/C16H23BrN2O2/c1-3-4-16(5-7-18-8-6-16)15(20)19-13-9-12(17)10-14(11-13)21-2/h9-11,18H,3-8H2,1-2H3,(H,19,20). The van der Waals surface area contributed by atoms with E-state index >= 15 is 0 Å². The molecular formula is C16H23BrN2O2. The molecule has 1 aliphatic heterocycles. The van der Waals surface area contributed by atoms with Crippen LogP contribution in [0.25, 0.3) is 0 Å². The van der Waals surface area contributed by atoms with Gasteiger partial charge in [-0.3, -0.25) is 4.79 Å². The monoisotopic (exact) mass is 354 g/mol. The summed E-state index contributed by atoms with van der Waals surface area (Å²) in [6.07, 6.45) is 3.76. The normalized spacial score (nSPS) is 17.3. The fraction of sp³-hybridized carbons (Fsp3) is 0.562. The van der Waals surface area contributed by atoms with Gasteiger partial charge in [-0.25, -0.2) is 0 Å². The van der Waals surface area contributed by atoms with Crippen molar-refractivity contribution in [1.29, 1.82) is 0 Å². The molecule has 1 heterocycles. The van der Waals surface area contributed by atoms with E-state index in [-0.39, 0.29) is 11.3 Å². The van der Waals surface area contributed by atoms with Crippen molar-refractivity contribution in [2.24, 2.45) is 5.41 Å². The van der Waals surface area contributed by atoms with E-state index in [0.717, 1.165) is 54.7 Å². The third kappa shape index (κ3) is 3.98. The third-order valence-electron chi connectivity index (χ3n) is 4.14. The van der Waals surface area contributed by atoms with E-state index < -0.39 is 0 Å². The van der Waals surface area contributed by atoms with Gasteiger partial charge >= 0.3 is 0 Å². The lowest BCUT2D eigenvalue weighted by molar-refractivity contribution is -0.127. The number of nitrogens with one attached hydrogen (secondary N) is 2. The van der Waals surface area contributed by atoms with Crippen molar-refractivity contribution in [2.75, 3.05) is 25.5 Å². The Bertz CT molecular complexity index is 494. The number of piperidine rings is 1. The van der Waals surface area contributed by atoms with Gasteiger partial charge in [-0.15, -0.1) is 0 Å². The van der Waals surface area contributed by atoms with E-state index in [1.54, 1.807) is 7.11 Å². The van der Waals surface area contributed by atoms with Gasteiger partial charge in [-0.1, -0.05) is 29.3 Å². The highest BCUT2D eigenvalue weighted by atomic mass is 79.9. The minimum absolute atomic E-state index is 0.131. The van der Waals surface area contributed by atoms with E-state index in [1.807, 2.05) is 18.2 Å². The fourth-order valence-electron chi connectivity index (χ4n) is 2.99. The molecule has 1 fully saturated rings. The molecule has 0 spiro atoms. The summed E-state index contributed by atoms with van der Waals surface area (Å²) in [7, 11) is 1.62. The molecule has 4 nitrogen and oxygen atoms in total. The molecule has 21 heavy (non-hydrogen) atoms. The summed E-state index contributed by atoms with van der Waals surface area (Å²) in [5.74, 6) is 0.862. The van der Waals surface area contributed by atoms with Crippen LogP contribution in [0.15, 0.2) is 22.7 Å². The van der Waals surface area contributed by atoms with E-state index in [2.05, 4.69) is 33.5 Å². The molecule has 2 N–H and O–H groups in total. The molecule has 0 atom stereocenters. The molecule has 2 rings (SSSR count). The van der Waals surface area contributed by atoms with Gasteiger partial charge < -0.3 is 15.4 Å². The molecule has 0 unspecified atom stereocenters. The summed E-state index contributed by atoms with van der Waals surface area (Å²) in [4.78, 5) is 12.8. The third-order valence-corrected chi connectivity index (χ3v) is 4.59. The second-order valence-electron chi connectivity index (χ2n) is 5.61. The van der Waals surface area contributed by atoms with Crippen LogP contribution in [0.5, 0.6) is 5.75 Å². The molecule has 1 amide bonds. The first-order chi connectivity index (χ1) is 10.1. The van der Waals surface area contributed by atoms with E-state index in [9.17, 15) is 4.79 Å². The molecule has 0 bridgehead atoms. The number of halogens is 1. The smallest absolute Gasteiger partial charge is 0.230 e. The number of amides is 1. The SMILES string of the molecule is CCCC1(C(=O)Nc2cc(Br)cc(OC)c2)CCNCC1. The Morgan fingerprint density at radius 1 is 1.38 bits per heavy atom. The van der Waals surface area contributed by atoms with Crippen molar-refractivity contribution in [2.45, 2.75) is 32.6 Å². The molecule has 1 aromatic rings. The maximum absolute atomic E-state index is 12.8. The Balaban J connectivity index is 2.16. The Kier molecular flexibility index (Phi) is 5.65. The summed E-state index contributed by atoms with van der Waals surface area (Å²) >= 11 is 3.44. The van der Waals surface area contributed by atoms with Crippen LogP contribution >= 0.6 is 15.9 Å². The second-order valence-corrected chi connectivity index (χ2v) is 6.53. The van der Waals surface area contributed by atoms with Gasteiger partial charge in [0.05, 0.1) is 12.5 Å². The highest BCUT2D eigenvalue weighted by Crippen LogP contribution is 2.36. The number of methoxy groups -OCH3 is 1. The maximum Gasteiger partial charge on any atom is 0.230 e. The summed E-state index contributed by atoms with van der Waals surface area (Å²) in [5.41, 5.74) is 0.537.